The smallest absolute Gasteiger partial charge is 0.230 e. The SMILES string of the molecule is CC(C)N1CCN(c2ccc(Nc3ncc4c(n3)N3C(=NCC35CCCCC5)C=N4)nc2)CC1. The molecule has 1 saturated heterocycles. The zero-order chi connectivity index (χ0) is 23.1. The van der Waals surface area contributed by atoms with Crippen LogP contribution >= 0.6 is 0 Å². The van der Waals surface area contributed by atoms with Crippen LogP contribution in [0.5, 0.6) is 0 Å². The van der Waals surface area contributed by atoms with Crippen molar-refractivity contribution >= 4 is 41.0 Å². The first-order chi connectivity index (χ1) is 16.6. The number of piperazine rings is 1. The van der Waals surface area contributed by atoms with Gasteiger partial charge in [-0.2, -0.15) is 4.98 Å². The minimum absolute atomic E-state index is 0.0416. The summed E-state index contributed by atoms with van der Waals surface area (Å²) in [5, 5.41) is 3.30. The number of nitrogens with one attached hydrogen (secondary N) is 1. The van der Waals surface area contributed by atoms with Gasteiger partial charge in [-0.15, -0.1) is 0 Å². The Morgan fingerprint density at radius 2 is 1.79 bits per heavy atom. The number of hydrogen-bond donors (Lipinski definition) is 1. The Bertz CT molecular complexity index is 1090. The maximum atomic E-state index is 4.89. The molecular formula is C25H33N9. The van der Waals surface area contributed by atoms with Gasteiger partial charge in [0.2, 0.25) is 5.95 Å². The molecule has 2 aromatic rings. The van der Waals surface area contributed by atoms with E-state index in [0.29, 0.717) is 12.0 Å². The number of rotatable bonds is 4. The van der Waals surface area contributed by atoms with Crippen LogP contribution in [-0.2, 0) is 0 Å². The Labute approximate surface area is 201 Å². The third-order valence-corrected chi connectivity index (χ3v) is 7.70. The molecule has 0 unspecified atom stereocenters. The van der Waals surface area contributed by atoms with Gasteiger partial charge in [0.25, 0.3) is 0 Å². The van der Waals surface area contributed by atoms with E-state index in [0.717, 1.165) is 74.4 Å². The first-order valence-corrected chi connectivity index (χ1v) is 12.6. The lowest BCUT2D eigenvalue weighted by Gasteiger charge is -2.42. The molecule has 1 spiro atoms. The predicted molar refractivity (Wildman–Crippen MR) is 137 cm³/mol. The molecule has 0 atom stereocenters. The highest BCUT2D eigenvalue weighted by molar-refractivity contribution is 6.39. The summed E-state index contributed by atoms with van der Waals surface area (Å²) in [5.41, 5.74) is 2.01. The van der Waals surface area contributed by atoms with Crippen molar-refractivity contribution in [3.05, 3.63) is 24.5 Å². The van der Waals surface area contributed by atoms with Gasteiger partial charge in [0, 0.05) is 32.2 Å². The molecule has 2 aromatic heterocycles. The molecule has 0 radical (unpaired) electrons. The zero-order valence-electron chi connectivity index (χ0n) is 20.1. The van der Waals surface area contributed by atoms with E-state index in [1.807, 2.05) is 18.5 Å². The van der Waals surface area contributed by atoms with E-state index in [1.54, 1.807) is 6.20 Å². The highest BCUT2D eigenvalue weighted by atomic mass is 15.4. The molecule has 0 aromatic carbocycles. The van der Waals surface area contributed by atoms with E-state index in [-0.39, 0.29) is 5.54 Å². The fraction of sp³-hybridized carbons (Fsp3) is 0.560. The molecule has 9 nitrogen and oxygen atoms in total. The summed E-state index contributed by atoms with van der Waals surface area (Å²) in [4.78, 5) is 30.7. The Morgan fingerprint density at radius 3 is 2.53 bits per heavy atom. The van der Waals surface area contributed by atoms with E-state index < -0.39 is 0 Å². The van der Waals surface area contributed by atoms with Crippen molar-refractivity contribution in [1.82, 2.24) is 19.9 Å². The van der Waals surface area contributed by atoms with Gasteiger partial charge in [-0.1, -0.05) is 19.3 Å². The molecule has 9 heteroatoms. The third kappa shape index (κ3) is 3.81. The number of anilines is 4. The van der Waals surface area contributed by atoms with Crippen molar-refractivity contribution in [3.8, 4) is 0 Å². The van der Waals surface area contributed by atoms with Crippen molar-refractivity contribution in [2.45, 2.75) is 57.5 Å². The lowest BCUT2D eigenvalue weighted by molar-refractivity contribution is 0.209. The van der Waals surface area contributed by atoms with Gasteiger partial charge in [-0.25, -0.2) is 15.0 Å². The molecule has 0 amide bonds. The summed E-state index contributed by atoms with van der Waals surface area (Å²) >= 11 is 0. The Kier molecular flexibility index (Phi) is 5.44. The summed E-state index contributed by atoms with van der Waals surface area (Å²) < 4.78 is 0. The summed E-state index contributed by atoms with van der Waals surface area (Å²) in [7, 11) is 0. The largest absolute Gasteiger partial charge is 0.368 e. The van der Waals surface area contributed by atoms with Crippen LogP contribution in [0.3, 0.4) is 0 Å². The van der Waals surface area contributed by atoms with Gasteiger partial charge in [0.1, 0.15) is 17.3 Å². The van der Waals surface area contributed by atoms with E-state index in [9.17, 15) is 0 Å². The van der Waals surface area contributed by atoms with E-state index in [4.69, 9.17) is 9.98 Å². The van der Waals surface area contributed by atoms with Gasteiger partial charge in [-0.05, 0) is 38.8 Å². The van der Waals surface area contributed by atoms with Crippen molar-refractivity contribution in [3.63, 3.8) is 0 Å². The molecule has 4 aliphatic rings. The highest BCUT2D eigenvalue weighted by Gasteiger charge is 2.46. The number of aromatic nitrogens is 3. The Hall–Kier alpha value is -3.07. The number of aliphatic imine (C=N–C) groups is 2. The highest BCUT2D eigenvalue weighted by Crippen LogP contribution is 2.44. The number of amidine groups is 1. The molecule has 178 valence electrons. The van der Waals surface area contributed by atoms with Crippen LogP contribution in [0, 0.1) is 0 Å². The van der Waals surface area contributed by atoms with Gasteiger partial charge >= 0.3 is 0 Å². The topological polar surface area (TPSA) is 85.1 Å². The van der Waals surface area contributed by atoms with Crippen LogP contribution in [0.15, 0.2) is 34.5 Å². The molecule has 1 N–H and O–H groups in total. The second kappa shape index (κ2) is 8.61. The molecule has 0 bridgehead atoms. The fourth-order valence-corrected chi connectivity index (χ4v) is 5.70. The quantitative estimate of drug-likeness (QED) is 0.745. The number of fused-ring (bicyclic) bond motifs is 4. The number of nitrogens with zero attached hydrogens (tertiary/aromatic N) is 8. The zero-order valence-corrected chi connectivity index (χ0v) is 20.1. The van der Waals surface area contributed by atoms with Crippen molar-refractivity contribution in [2.24, 2.45) is 9.98 Å². The lowest BCUT2D eigenvalue weighted by Crippen LogP contribution is -2.52. The van der Waals surface area contributed by atoms with Crippen LogP contribution < -0.4 is 15.1 Å². The minimum Gasteiger partial charge on any atom is -0.368 e. The normalized spacial score (nSPS) is 21.6. The van der Waals surface area contributed by atoms with Crippen LogP contribution in [0.25, 0.3) is 0 Å². The predicted octanol–water partition coefficient (Wildman–Crippen LogP) is 3.78. The molecule has 5 heterocycles. The first-order valence-electron chi connectivity index (χ1n) is 12.6. The number of hydrogen-bond acceptors (Lipinski definition) is 9. The van der Waals surface area contributed by atoms with Crippen LogP contribution in [0.2, 0.25) is 0 Å². The van der Waals surface area contributed by atoms with Crippen molar-refractivity contribution in [2.75, 3.05) is 47.8 Å². The summed E-state index contributed by atoms with van der Waals surface area (Å²) in [5.74, 6) is 3.07. The second-order valence-corrected chi connectivity index (χ2v) is 10.1. The van der Waals surface area contributed by atoms with Crippen LogP contribution in [0.4, 0.5) is 29.0 Å². The maximum Gasteiger partial charge on any atom is 0.230 e. The van der Waals surface area contributed by atoms with Gasteiger partial charge < -0.3 is 10.2 Å². The Balaban J connectivity index is 1.18. The summed E-state index contributed by atoms with van der Waals surface area (Å²) in [6.07, 6.45) is 11.7. The van der Waals surface area contributed by atoms with Crippen molar-refractivity contribution in [1.29, 1.82) is 0 Å². The van der Waals surface area contributed by atoms with E-state index >= 15 is 0 Å². The molecule has 2 fully saturated rings. The first kappa shape index (κ1) is 21.5. The fourth-order valence-electron chi connectivity index (χ4n) is 5.70. The molecule has 1 aliphatic carbocycles. The number of pyridine rings is 1. The molecule has 3 aliphatic heterocycles. The molecule has 34 heavy (non-hydrogen) atoms. The standard InChI is InChI=1S/C25H33N9/c1-18(2)32-10-12-33(13-11-32)19-6-7-21(27-14-19)30-24-28-15-20-23(31-24)34-22(16-26-20)29-17-25(34)8-4-3-5-9-25/h6-7,14-16,18H,3-5,8-13,17H2,1-2H3,(H,27,28,30,31). The average Bonchev–Trinajstić information content (AvgIpc) is 3.23. The monoisotopic (exact) mass is 459 g/mol. The average molecular weight is 460 g/mol. The van der Waals surface area contributed by atoms with Gasteiger partial charge in [0.15, 0.2) is 5.82 Å². The van der Waals surface area contributed by atoms with Crippen molar-refractivity contribution < 1.29 is 0 Å². The second-order valence-electron chi connectivity index (χ2n) is 10.1. The third-order valence-electron chi connectivity index (χ3n) is 7.70. The summed E-state index contributed by atoms with van der Waals surface area (Å²) in [6, 6.07) is 4.74. The van der Waals surface area contributed by atoms with E-state index in [2.05, 4.69) is 54.9 Å². The van der Waals surface area contributed by atoms with Crippen LogP contribution in [-0.4, -0.2) is 76.2 Å². The summed E-state index contributed by atoms with van der Waals surface area (Å²) in [6.45, 7) is 9.59. The lowest BCUT2D eigenvalue weighted by atomic mass is 9.80. The van der Waals surface area contributed by atoms with Crippen LogP contribution in [0.1, 0.15) is 46.0 Å². The molecular weight excluding hydrogens is 426 g/mol. The Morgan fingerprint density at radius 1 is 0.971 bits per heavy atom. The minimum atomic E-state index is 0.0416. The van der Waals surface area contributed by atoms with Gasteiger partial charge in [-0.3, -0.25) is 14.8 Å². The van der Waals surface area contributed by atoms with Gasteiger partial charge in [0.05, 0.1) is 36.4 Å². The van der Waals surface area contributed by atoms with E-state index in [1.165, 1.54) is 19.3 Å². The maximum absolute atomic E-state index is 4.89. The molecule has 6 rings (SSSR count). The molecule has 1 saturated carbocycles.